The van der Waals surface area contributed by atoms with Crippen LogP contribution < -0.4 is 15.6 Å². The zero-order valence-corrected chi connectivity index (χ0v) is 15.6. The van der Waals surface area contributed by atoms with Gasteiger partial charge in [-0.15, -0.1) is 0 Å². The summed E-state index contributed by atoms with van der Waals surface area (Å²) >= 11 is 6.17. The highest BCUT2D eigenvalue weighted by Gasteiger charge is 2.10. The number of carbonyl (C=O) groups is 1. The Kier molecular flexibility index (Phi) is 5.94. The standard InChI is InChI=1S/C21H19ClN2O3/c1-27-19-9-5-3-6-15(19)12-20(25)23-17-10-11-21(26)24(14-17)13-16-7-2-4-8-18(16)22/h2-11,14H,12-13H2,1H3,(H,23,25). The third kappa shape index (κ3) is 4.77. The van der Waals surface area contributed by atoms with Crippen LogP contribution in [-0.2, 0) is 17.8 Å². The van der Waals surface area contributed by atoms with Gasteiger partial charge in [-0.05, 0) is 23.8 Å². The van der Waals surface area contributed by atoms with Gasteiger partial charge in [0.05, 0.1) is 25.8 Å². The van der Waals surface area contributed by atoms with Crippen molar-refractivity contribution in [3.8, 4) is 5.75 Å². The number of aromatic nitrogens is 1. The van der Waals surface area contributed by atoms with Crippen LogP contribution in [0.2, 0.25) is 5.02 Å². The Morgan fingerprint density at radius 2 is 1.74 bits per heavy atom. The van der Waals surface area contributed by atoms with Crippen molar-refractivity contribution in [1.82, 2.24) is 4.57 Å². The minimum Gasteiger partial charge on any atom is -0.496 e. The van der Waals surface area contributed by atoms with Crippen molar-refractivity contribution in [3.63, 3.8) is 0 Å². The fourth-order valence-electron chi connectivity index (χ4n) is 2.77. The zero-order valence-electron chi connectivity index (χ0n) is 14.8. The average Bonchev–Trinajstić information content (AvgIpc) is 2.66. The first-order valence-corrected chi connectivity index (χ1v) is 8.80. The molecule has 0 fully saturated rings. The molecular weight excluding hydrogens is 364 g/mol. The molecule has 0 saturated carbocycles. The van der Waals surface area contributed by atoms with E-state index in [-0.39, 0.29) is 17.9 Å². The summed E-state index contributed by atoms with van der Waals surface area (Å²) < 4.78 is 6.78. The van der Waals surface area contributed by atoms with E-state index in [1.807, 2.05) is 42.5 Å². The maximum atomic E-state index is 12.4. The van der Waals surface area contributed by atoms with Crippen LogP contribution in [0.3, 0.4) is 0 Å². The van der Waals surface area contributed by atoms with Gasteiger partial charge in [0, 0.05) is 22.8 Å². The van der Waals surface area contributed by atoms with E-state index in [2.05, 4.69) is 5.32 Å². The van der Waals surface area contributed by atoms with E-state index in [1.165, 1.54) is 10.6 Å². The molecule has 0 aliphatic carbocycles. The molecule has 5 nitrogen and oxygen atoms in total. The lowest BCUT2D eigenvalue weighted by atomic mass is 10.1. The van der Waals surface area contributed by atoms with E-state index in [1.54, 1.807) is 25.4 Å². The van der Waals surface area contributed by atoms with Crippen LogP contribution in [0.15, 0.2) is 71.7 Å². The number of hydrogen-bond donors (Lipinski definition) is 1. The minimum atomic E-state index is -0.192. The molecule has 1 amide bonds. The summed E-state index contributed by atoms with van der Waals surface area (Å²) in [6.45, 7) is 0.328. The van der Waals surface area contributed by atoms with Crippen LogP contribution in [0.25, 0.3) is 0 Å². The fraction of sp³-hybridized carbons (Fsp3) is 0.143. The monoisotopic (exact) mass is 382 g/mol. The number of para-hydroxylation sites is 1. The Balaban J connectivity index is 1.75. The van der Waals surface area contributed by atoms with Crippen molar-refractivity contribution in [2.75, 3.05) is 12.4 Å². The van der Waals surface area contributed by atoms with Gasteiger partial charge >= 0.3 is 0 Å². The molecule has 0 aliphatic rings. The summed E-state index contributed by atoms with van der Waals surface area (Å²) in [7, 11) is 1.57. The van der Waals surface area contributed by atoms with Crippen molar-refractivity contribution < 1.29 is 9.53 Å². The number of anilines is 1. The molecule has 1 aromatic heterocycles. The molecule has 0 atom stereocenters. The van der Waals surface area contributed by atoms with Gasteiger partial charge in [-0.25, -0.2) is 0 Å². The molecule has 0 bridgehead atoms. The van der Waals surface area contributed by atoms with Gasteiger partial charge in [-0.3, -0.25) is 9.59 Å². The predicted molar refractivity (Wildman–Crippen MR) is 107 cm³/mol. The summed E-state index contributed by atoms with van der Waals surface area (Å²) in [5.74, 6) is 0.471. The van der Waals surface area contributed by atoms with Crippen molar-refractivity contribution in [2.45, 2.75) is 13.0 Å². The van der Waals surface area contributed by atoms with E-state index >= 15 is 0 Å². The van der Waals surface area contributed by atoms with Gasteiger partial charge in [0.1, 0.15) is 5.75 Å². The van der Waals surface area contributed by atoms with Crippen LogP contribution in [0.5, 0.6) is 5.75 Å². The molecule has 138 valence electrons. The highest BCUT2D eigenvalue weighted by Crippen LogP contribution is 2.19. The molecule has 1 heterocycles. The molecule has 0 radical (unpaired) electrons. The van der Waals surface area contributed by atoms with Gasteiger partial charge in [0.25, 0.3) is 5.56 Å². The van der Waals surface area contributed by atoms with E-state index in [9.17, 15) is 9.59 Å². The fourth-order valence-corrected chi connectivity index (χ4v) is 2.96. The second-order valence-electron chi connectivity index (χ2n) is 6.01. The van der Waals surface area contributed by atoms with Gasteiger partial charge in [-0.1, -0.05) is 48.0 Å². The number of rotatable bonds is 6. The molecule has 1 N–H and O–H groups in total. The second-order valence-corrected chi connectivity index (χ2v) is 6.42. The molecule has 3 aromatic rings. The molecule has 27 heavy (non-hydrogen) atoms. The molecular formula is C21H19ClN2O3. The lowest BCUT2D eigenvalue weighted by molar-refractivity contribution is -0.115. The largest absolute Gasteiger partial charge is 0.496 e. The third-order valence-electron chi connectivity index (χ3n) is 4.11. The van der Waals surface area contributed by atoms with Crippen molar-refractivity contribution >= 4 is 23.2 Å². The van der Waals surface area contributed by atoms with Gasteiger partial charge in [-0.2, -0.15) is 0 Å². The maximum absolute atomic E-state index is 12.4. The Morgan fingerprint density at radius 1 is 1.04 bits per heavy atom. The maximum Gasteiger partial charge on any atom is 0.250 e. The minimum absolute atomic E-state index is 0.169. The summed E-state index contributed by atoms with van der Waals surface area (Å²) in [6, 6.07) is 17.7. The molecule has 0 unspecified atom stereocenters. The van der Waals surface area contributed by atoms with Gasteiger partial charge in [0.15, 0.2) is 0 Å². The SMILES string of the molecule is COc1ccccc1CC(=O)Nc1ccc(=O)n(Cc2ccccc2Cl)c1. The molecule has 0 aliphatic heterocycles. The van der Waals surface area contributed by atoms with E-state index < -0.39 is 0 Å². The number of pyridine rings is 1. The van der Waals surface area contributed by atoms with E-state index in [4.69, 9.17) is 16.3 Å². The molecule has 2 aromatic carbocycles. The Hall–Kier alpha value is -3.05. The van der Waals surface area contributed by atoms with Crippen LogP contribution in [0.4, 0.5) is 5.69 Å². The number of hydrogen-bond acceptors (Lipinski definition) is 3. The Morgan fingerprint density at radius 3 is 2.48 bits per heavy atom. The molecule has 3 rings (SSSR count). The summed E-state index contributed by atoms with van der Waals surface area (Å²) in [6.07, 6.45) is 1.79. The van der Waals surface area contributed by atoms with Crippen LogP contribution in [0, 0.1) is 0 Å². The lowest BCUT2D eigenvalue weighted by Crippen LogP contribution is -2.22. The van der Waals surface area contributed by atoms with Crippen molar-refractivity contribution in [3.05, 3.63) is 93.4 Å². The van der Waals surface area contributed by atoms with Crippen LogP contribution in [-0.4, -0.2) is 17.6 Å². The van der Waals surface area contributed by atoms with Crippen LogP contribution in [0.1, 0.15) is 11.1 Å². The zero-order chi connectivity index (χ0) is 19.2. The highest BCUT2D eigenvalue weighted by atomic mass is 35.5. The second kappa shape index (κ2) is 8.56. The number of ether oxygens (including phenoxy) is 1. The molecule has 0 spiro atoms. The Bertz CT molecular complexity index is 1010. The molecule has 0 saturated heterocycles. The topological polar surface area (TPSA) is 60.3 Å². The lowest BCUT2D eigenvalue weighted by Gasteiger charge is -2.11. The first-order chi connectivity index (χ1) is 13.1. The van der Waals surface area contributed by atoms with E-state index in [0.29, 0.717) is 23.0 Å². The van der Waals surface area contributed by atoms with Crippen molar-refractivity contribution in [1.29, 1.82) is 0 Å². The molecule has 6 heteroatoms. The highest BCUT2D eigenvalue weighted by molar-refractivity contribution is 6.31. The number of halogens is 1. The first kappa shape index (κ1) is 18.7. The summed E-state index contributed by atoms with van der Waals surface area (Å²) in [4.78, 5) is 24.5. The summed E-state index contributed by atoms with van der Waals surface area (Å²) in [5.41, 5.74) is 2.00. The van der Waals surface area contributed by atoms with Gasteiger partial charge in [0.2, 0.25) is 5.91 Å². The summed E-state index contributed by atoms with van der Waals surface area (Å²) in [5, 5.41) is 3.42. The predicted octanol–water partition coefficient (Wildman–Crippen LogP) is 3.74. The number of nitrogens with zero attached hydrogens (tertiary/aromatic N) is 1. The number of methoxy groups -OCH3 is 1. The quantitative estimate of drug-likeness (QED) is 0.706. The smallest absolute Gasteiger partial charge is 0.250 e. The van der Waals surface area contributed by atoms with Crippen LogP contribution >= 0.6 is 11.6 Å². The third-order valence-corrected chi connectivity index (χ3v) is 4.48. The number of nitrogens with one attached hydrogen (secondary N) is 1. The normalized spacial score (nSPS) is 10.4. The van der Waals surface area contributed by atoms with E-state index in [0.717, 1.165) is 11.1 Å². The number of amides is 1. The van der Waals surface area contributed by atoms with Crippen molar-refractivity contribution in [2.24, 2.45) is 0 Å². The number of benzene rings is 2. The van der Waals surface area contributed by atoms with Gasteiger partial charge < -0.3 is 14.6 Å². The first-order valence-electron chi connectivity index (χ1n) is 8.42. The Labute approximate surface area is 162 Å². The number of carbonyl (C=O) groups excluding carboxylic acids is 1. The average molecular weight is 383 g/mol.